The summed E-state index contributed by atoms with van der Waals surface area (Å²) in [6, 6.07) is 11.0. The quantitative estimate of drug-likeness (QED) is 0.885. The smallest absolute Gasteiger partial charge is 0.239 e. The van der Waals surface area contributed by atoms with E-state index in [1.807, 2.05) is 0 Å². The molecule has 23 heavy (non-hydrogen) atoms. The van der Waals surface area contributed by atoms with Gasteiger partial charge in [-0.1, -0.05) is 6.07 Å². The van der Waals surface area contributed by atoms with Crippen molar-refractivity contribution >= 4 is 23.2 Å². The maximum absolute atomic E-state index is 13.1. The Morgan fingerprint density at radius 3 is 2.52 bits per heavy atom. The van der Waals surface area contributed by atoms with Crippen LogP contribution in [0.3, 0.4) is 0 Å². The predicted molar refractivity (Wildman–Crippen MR) is 81.9 cm³/mol. The first kappa shape index (κ1) is 15.1. The Hall–Kier alpha value is -2.76. The second-order valence-electron chi connectivity index (χ2n) is 5.31. The van der Waals surface area contributed by atoms with Crippen LogP contribution in [0.4, 0.5) is 20.2 Å². The molecule has 0 bridgehead atoms. The predicted octanol–water partition coefficient (Wildman–Crippen LogP) is 2.96. The number of hydrogen-bond donors (Lipinski definition) is 1. The van der Waals surface area contributed by atoms with E-state index in [9.17, 15) is 18.4 Å². The van der Waals surface area contributed by atoms with Crippen molar-refractivity contribution in [3.8, 4) is 0 Å². The molecule has 2 amide bonds. The van der Waals surface area contributed by atoms with Crippen LogP contribution in [0.15, 0.2) is 48.5 Å². The lowest BCUT2D eigenvalue weighted by Gasteiger charge is -2.16. The minimum absolute atomic E-state index is 0.308. The first-order valence-corrected chi connectivity index (χ1v) is 7.18. The normalized spacial score (nSPS) is 17.4. The van der Waals surface area contributed by atoms with Crippen molar-refractivity contribution in [3.63, 3.8) is 0 Å². The first-order chi connectivity index (χ1) is 11.0. The molecule has 0 spiro atoms. The van der Waals surface area contributed by atoms with Gasteiger partial charge < -0.3 is 10.2 Å². The van der Waals surface area contributed by atoms with Crippen molar-refractivity contribution in [1.29, 1.82) is 0 Å². The number of nitrogens with one attached hydrogen (secondary N) is 1. The molecule has 1 heterocycles. The highest BCUT2D eigenvalue weighted by molar-refractivity contribution is 6.13. The van der Waals surface area contributed by atoms with Crippen LogP contribution in [0.2, 0.25) is 0 Å². The number of carbonyl (C=O) groups is 2. The zero-order valence-electron chi connectivity index (χ0n) is 12.1. The summed E-state index contributed by atoms with van der Waals surface area (Å²) in [6.07, 6.45) is 0.358. The Labute approximate surface area is 131 Å². The fourth-order valence-electron chi connectivity index (χ4n) is 2.60. The summed E-state index contributed by atoms with van der Waals surface area (Å²) in [7, 11) is 0. The Bertz CT molecular complexity index is 747. The highest BCUT2D eigenvalue weighted by Crippen LogP contribution is 2.26. The fourth-order valence-corrected chi connectivity index (χ4v) is 2.60. The number of halogens is 2. The van der Waals surface area contributed by atoms with Crippen molar-refractivity contribution in [2.24, 2.45) is 5.92 Å². The third kappa shape index (κ3) is 3.21. The Kier molecular flexibility index (Phi) is 4.06. The number of anilines is 2. The monoisotopic (exact) mass is 316 g/mol. The molecule has 1 N–H and O–H groups in total. The first-order valence-electron chi connectivity index (χ1n) is 7.18. The van der Waals surface area contributed by atoms with Gasteiger partial charge in [0.05, 0.1) is 0 Å². The summed E-state index contributed by atoms with van der Waals surface area (Å²) in [5, 5.41) is 2.55. The van der Waals surface area contributed by atoms with Gasteiger partial charge >= 0.3 is 0 Å². The fraction of sp³-hybridized carbons (Fsp3) is 0.176. The standard InChI is InChI=1S/C17H14F2N2O2/c18-11-4-6-14(7-5-11)21-9-8-15(17(21)23)16(22)20-13-3-1-2-12(19)10-13/h1-7,10,15H,8-9H2,(H,20,22). The van der Waals surface area contributed by atoms with Crippen LogP contribution < -0.4 is 10.2 Å². The lowest BCUT2D eigenvalue weighted by atomic mass is 10.1. The Morgan fingerprint density at radius 1 is 1.09 bits per heavy atom. The average Bonchev–Trinajstić information content (AvgIpc) is 2.90. The van der Waals surface area contributed by atoms with Crippen LogP contribution in [-0.2, 0) is 9.59 Å². The number of hydrogen-bond acceptors (Lipinski definition) is 2. The van der Waals surface area contributed by atoms with Crippen molar-refractivity contribution in [2.75, 3.05) is 16.8 Å². The van der Waals surface area contributed by atoms with E-state index in [4.69, 9.17) is 0 Å². The second-order valence-corrected chi connectivity index (χ2v) is 5.31. The van der Waals surface area contributed by atoms with Crippen molar-refractivity contribution in [2.45, 2.75) is 6.42 Å². The van der Waals surface area contributed by atoms with Gasteiger partial charge in [-0.3, -0.25) is 9.59 Å². The van der Waals surface area contributed by atoms with Crippen LogP contribution in [0.1, 0.15) is 6.42 Å². The van der Waals surface area contributed by atoms with E-state index in [2.05, 4.69) is 5.32 Å². The number of benzene rings is 2. The largest absolute Gasteiger partial charge is 0.325 e. The molecule has 3 rings (SSSR count). The lowest BCUT2D eigenvalue weighted by molar-refractivity contribution is -0.129. The van der Waals surface area contributed by atoms with E-state index >= 15 is 0 Å². The van der Waals surface area contributed by atoms with Crippen LogP contribution in [0, 0.1) is 17.6 Å². The molecule has 2 aromatic rings. The zero-order valence-corrected chi connectivity index (χ0v) is 12.1. The van der Waals surface area contributed by atoms with Gasteiger partial charge in [0.2, 0.25) is 11.8 Å². The summed E-state index contributed by atoms with van der Waals surface area (Å²) < 4.78 is 26.1. The highest BCUT2D eigenvalue weighted by atomic mass is 19.1. The van der Waals surface area contributed by atoms with Crippen molar-refractivity contribution in [1.82, 2.24) is 0 Å². The van der Waals surface area contributed by atoms with E-state index in [0.717, 1.165) is 0 Å². The van der Waals surface area contributed by atoms with Gasteiger partial charge in [-0.25, -0.2) is 8.78 Å². The van der Waals surface area contributed by atoms with Gasteiger partial charge in [0.1, 0.15) is 17.6 Å². The van der Waals surface area contributed by atoms with Crippen LogP contribution in [0.5, 0.6) is 0 Å². The third-order valence-corrected chi connectivity index (χ3v) is 3.75. The number of nitrogens with zero attached hydrogens (tertiary/aromatic N) is 1. The molecule has 0 radical (unpaired) electrons. The molecular formula is C17H14F2N2O2. The van der Waals surface area contributed by atoms with E-state index in [-0.39, 0.29) is 11.7 Å². The highest BCUT2D eigenvalue weighted by Gasteiger charge is 2.37. The summed E-state index contributed by atoms with van der Waals surface area (Å²) in [4.78, 5) is 26.1. The van der Waals surface area contributed by atoms with E-state index in [1.54, 1.807) is 6.07 Å². The molecule has 0 aliphatic carbocycles. The molecule has 2 aromatic carbocycles. The van der Waals surface area contributed by atoms with Crippen LogP contribution in [-0.4, -0.2) is 18.4 Å². The van der Waals surface area contributed by atoms with Gasteiger partial charge in [0.25, 0.3) is 0 Å². The summed E-state index contributed by atoms with van der Waals surface area (Å²) in [5.74, 6) is -2.49. The Balaban J connectivity index is 1.71. The second kappa shape index (κ2) is 6.16. The minimum atomic E-state index is -0.830. The van der Waals surface area contributed by atoms with E-state index in [1.165, 1.54) is 47.4 Å². The lowest BCUT2D eigenvalue weighted by Crippen LogP contribution is -2.33. The molecule has 1 atom stereocenters. The average molecular weight is 316 g/mol. The van der Waals surface area contributed by atoms with E-state index < -0.39 is 17.6 Å². The van der Waals surface area contributed by atoms with Crippen LogP contribution >= 0.6 is 0 Å². The van der Waals surface area contributed by atoms with Crippen LogP contribution in [0.25, 0.3) is 0 Å². The van der Waals surface area contributed by atoms with Gasteiger partial charge in [-0.05, 0) is 48.9 Å². The maximum Gasteiger partial charge on any atom is 0.239 e. The van der Waals surface area contributed by atoms with Gasteiger partial charge in [0, 0.05) is 17.9 Å². The molecule has 1 aliphatic heterocycles. The minimum Gasteiger partial charge on any atom is -0.325 e. The zero-order chi connectivity index (χ0) is 16.4. The third-order valence-electron chi connectivity index (χ3n) is 3.75. The number of rotatable bonds is 3. The molecule has 4 nitrogen and oxygen atoms in total. The van der Waals surface area contributed by atoms with Crippen molar-refractivity contribution in [3.05, 3.63) is 60.2 Å². The molecule has 0 aromatic heterocycles. The molecular weight excluding hydrogens is 302 g/mol. The van der Waals surface area contributed by atoms with Gasteiger partial charge in [-0.2, -0.15) is 0 Å². The summed E-state index contributed by atoms with van der Waals surface area (Å²) >= 11 is 0. The molecule has 1 fully saturated rings. The van der Waals surface area contributed by atoms with Gasteiger partial charge in [0.15, 0.2) is 0 Å². The SMILES string of the molecule is O=C(Nc1cccc(F)c1)C1CCN(c2ccc(F)cc2)C1=O. The number of amides is 2. The van der Waals surface area contributed by atoms with Gasteiger partial charge in [-0.15, -0.1) is 0 Å². The summed E-state index contributed by atoms with van der Waals surface area (Å²) in [5.41, 5.74) is 0.862. The van der Waals surface area contributed by atoms with Crippen molar-refractivity contribution < 1.29 is 18.4 Å². The Morgan fingerprint density at radius 2 is 1.83 bits per heavy atom. The molecule has 1 saturated heterocycles. The molecule has 0 saturated carbocycles. The summed E-state index contributed by atoms with van der Waals surface area (Å²) in [6.45, 7) is 0.381. The van der Waals surface area contributed by atoms with E-state index in [0.29, 0.717) is 24.3 Å². The maximum atomic E-state index is 13.1. The topological polar surface area (TPSA) is 49.4 Å². The molecule has 118 valence electrons. The molecule has 1 unspecified atom stereocenters. The molecule has 1 aliphatic rings. The molecule has 6 heteroatoms. The number of carbonyl (C=O) groups excluding carboxylic acids is 2.